The zero-order valence-corrected chi connectivity index (χ0v) is 12.1. The second-order valence-electron chi connectivity index (χ2n) is 4.40. The highest BCUT2D eigenvalue weighted by atomic mass is 32.2. The summed E-state index contributed by atoms with van der Waals surface area (Å²) in [5.41, 5.74) is 8.01. The van der Waals surface area contributed by atoms with Crippen LogP contribution in [-0.2, 0) is 0 Å². The molecule has 0 saturated carbocycles. The van der Waals surface area contributed by atoms with Gasteiger partial charge in [-0.05, 0) is 43.4 Å². The minimum Gasteiger partial charge on any atom is -0.398 e. The first-order valence-corrected chi connectivity index (χ1v) is 7.45. The van der Waals surface area contributed by atoms with Crippen LogP contribution in [0.2, 0.25) is 0 Å². The van der Waals surface area contributed by atoms with E-state index < -0.39 is 0 Å². The number of amides is 1. The molecule has 0 radical (unpaired) electrons. The second kappa shape index (κ2) is 7.31. The molecular formula is C14H22N2OS. The first-order chi connectivity index (χ1) is 8.56. The molecule has 0 spiro atoms. The van der Waals surface area contributed by atoms with Crippen molar-refractivity contribution in [2.24, 2.45) is 0 Å². The normalized spacial score (nSPS) is 12.2. The number of carbonyl (C=O) groups is 1. The van der Waals surface area contributed by atoms with Crippen LogP contribution in [0.1, 0.15) is 36.2 Å². The van der Waals surface area contributed by atoms with E-state index in [1.807, 2.05) is 37.7 Å². The van der Waals surface area contributed by atoms with E-state index >= 15 is 0 Å². The second-order valence-corrected chi connectivity index (χ2v) is 5.79. The summed E-state index contributed by atoms with van der Waals surface area (Å²) in [4.78, 5) is 12.1. The van der Waals surface area contributed by atoms with Gasteiger partial charge >= 0.3 is 0 Å². The molecule has 0 aliphatic rings. The lowest BCUT2D eigenvalue weighted by molar-refractivity contribution is 0.0940. The zero-order chi connectivity index (χ0) is 13.5. The Balaban J connectivity index is 2.57. The van der Waals surface area contributed by atoms with Crippen LogP contribution in [-0.4, -0.2) is 23.5 Å². The SMILES string of the molecule is CCSCCC(C)NC(=O)c1cccc(C)c1N. The van der Waals surface area contributed by atoms with Gasteiger partial charge < -0.3 is 11.1 Å². The Morgan fingerprint density at radius 1 is 1.50 bits per heavy atom. The number of para-hydroxylation sites is 1. The van der Waals surface area contributed by atoms with Crippen molar-refractivity contribution in [3.8, 4) is 0 Å². The summed E-state index contributed by atoms with van der Waals surface area (Å²) in [6.45, 7) is 6.08. The van der Waals surface area contributed by atoms with E-state index in [0.29, 0.717) is 11.3 Å². The average molecular weight is 266 g/mol. The van der Waals surface area contributed by atoms with Gasteiger partial charge in [0.15, 0.2) is 0 Å². The van der Waals surface area contributed by atoms with Crippen molar-refractivity contribution in [1.82, 2.24) is 5.32 Å². The largest absolute Gasteiger partial charge is 0.398 e. The third kappa shape index (κ3) is 4.26. The van der Waals surface area contributed by atoms with Crippen LogP contribution in [0.5, 0.6) is 0 Å². The molecule has 1 aromatic rings. The van der Waals surface area contributed by atoms with Gasteiger partial charge in [-0.25, -0.2) is 0 Å². The van der Waals surface area contributed by atoms with Crippen LogP contribution in [0.4, 0.5) is 5.69 Å². The number of nitrogens with one attached hydrogen (secondary N) is 1. The molecule has 1 unspecified atom stereocenters. The van der Waals surface area contributed by atoms with E-state index in [2.05, 4.69) is 12.2 Å². The Morgan fingerprint density at radius 2 is 2.22 bits per heavy atom. The Labute approximate surface area is 114 Å². The van der Waals surface area contributed by atoms with Gasteiger partial charge in [-0.1, -0.05) is 19.1 Å². The number of anilines is 1. The van der Waals surface area contributed by atoms with Crippen molar-refractivity contribution < 1.29 is 4.79 Å². The molecule has 18 heavy (non-hydrogen) atoms. The van der Waals surface area contributed by atoms with Gasteiger partial charge in [0.25, 0.3) is 5.91 Å². The average Bonchev–Trinajstić information content (AvgIpc) is 2.32. The van der Waals surface area contributed by atoms with Gasteiger partial charge in [-0.3, -0.25) is 4.79 Å². The fourth-order valence-corrected chi connectivity index (χ4v) is 2.47. The van der Waals surface area contributed by atoms with Crippen molar-refractivity contribution in [2.75, 3.05) is 17.2 Å². The highest BCUT2D eigenvalue weighted by Gasteiger charge is 2.13. The molecule has 0 bridgehead atoms. The van der Waals surface area contributed by atoms with Gasteiger partial charge in [0.2, 0.25) is 0 Å². The fourth-order valence-electron chi connectivity index (χ4n) is 1.66. The minimum atomic E-state index is -0.0785. The van der Waals surface area contributed by atoms with Crippen molar-refractivity contribution in [2.45, 2.75) is 33.2 Å². The number of carbonyl (C=O) groups excluding carboxylic acids is 1. The van der Waals surface area contributed by atoms with E-state index in [4.69, 9.17) is 5.73 Å². The third-order valence-corrected chi connectivity index (χ3v) is 3.78. The molecule has 0 aliphatic carbocycles. The minimum absolute atomic E-state index is 0.0785. The van der Waals surface area contributed by atoms with E-state index in [1.54, 1.807) is 6.07 Å². The van der Waals surface area contributed by atoms with Gasteiger partial charge in [-0.2, -0.15) is 11.8 Å². The van der Waals surface area contributed by atoms with Crippen molar-refractivity contribution >= 4 is 23.4 Å². The summed E-state index contributed by atoms with van der Waals surface area (Å²) in [5, 5.41) is 2.99. The molecule has 4 heteroatoms. The van der Waals surface area contributed by atoms with Gasteiger partial charge in [0.05, 0.1) is 5.56 Å². The van der Waals surface area contributed by atoms with Crippen LogP contribution < -0.4 is 11.1 Å². The topological polar surface area (TPSA) is 55.1 Å². The first kappa shape index (κ1) is 14.9. The number of hydrogen-bond donors (Lipinski definition) is 2. The van der Waals surface area contributed by atoms with Crippen LogP contribution >= 0.6 is 11.8 Å². The molecule has 3 nitrogen and oxygen atoms in total. The fraction of sp³-hybridized carbons (Fsp3) is 0.500. The maximum absolute atomic E-state index is 12.1. The highest BCUT2D eigenvalue weighted by Crippen LogP contribution is 2.16. The van der Waals surface area contributed by atoms with Crippen LogP contribution in [0, 0.1) is 6.92 Å². The molecule has 0 aromatic heterocycles. The monoisotopic (exact) mass is 266 g/mol. The van der Waals surface area contributed by atoms with Crippen LogP contribution in [0.15, 0.2) is 18.2 Å². The first-order valence-electron chi connectivity index (χ1n) is 6.30. The molecule has 0 aliphatic heterocycles. The van der Waals surface area contributed by atoms with Crippen molar-refractivity contribution in [3.63, 3.8) is 0 Å². The lowest BCUT2D eigenvalue weighted by atomic mass is 10.1. The molecular weight excluding hydrogens is 244 g/mol. The number of benzene rings is 1. The van der Waals surface area contributed by atoms with Crippen LogP contribution in [0.25, 0.3) is 0 Å². The zero-order valence-electron chi connectivity index (χ0n) is 11.3. The third-order valence-electron chi connectivity index (χ3n) is 2.85. The van der Waals surface area contributed by atoms with E-state index in [9.17, 15) is 4.79 Å². The van der Waals surface area contributed by atoms with Crippen LogP contribution in [0.3, 0.4) is 0 Å². The molecule has 1 atom stereocenters. The van der Waals surface area contributed by atoms with E-state index in [1.165, 1.54) is 0 Å². The standard InChI is InChI=1S/C14H22N2OS/c1-4-18-9-8-11(3)16-14(17)12-7-5-6-10(2)13(12)15/h5-7,11H,4,8-9,15H2,1-3H3,(H,16,17). The molecule has 0 saturated heterocycles. The summed E-state index contributed by atoms with van der Waals surface area (Å²) in [5.74, 6) is 2.11. The maximum Gasteiger partial charge on any atom is 0.253 e. The molecule has 1 rings (SSSR count). The van der Waals surface area contributed by atoms with E-state index in [0.717, 1.165) is 23.5 Å². The summed E-state index contributed by atoms with van der Waals surface area (Å²) in [6, 6.07) is 5.72. The summed E-state index contributed by atoms with van der Waals surface area (Å²) in [6.07, 6.45) is 0.982. The van der Waals surface area contributed by atoms with Gasteiger partial charge in [0.1, 0.15) is 0 Å². The molecule has 0 fully saturated rings. The van der Waals surface area contributed by atoms with Crippen molar-refractivity contribution in [3.05, 3.63) is 29.3 Å². The highest BCUT2D eigenvalue weighted by molar-refractivity contribution is 7.99. The molecule has 0 heterocycles. The summed E-state index contributed by atoms with van der Waals surface area (Å²) >= 11 is 1.89. The Kier molecular flexibility index (Phi) is 6.05. The Morgan fingerprint density at radius 3 is 2.89 bits per heavy atom. The molecule has 3 N–H and O–H groups in total. The summed E-state index contributed by atoms with van der Waals surface area (Å²) < 4.78 is 0. The van der Waals surface area contributed by atoms with Gasteiger partial charge in [-0.15, -0.1) is 0 Å². The lowest BCUT2D eigenvalue weighted by Crippen LogP contribution is -2.33. The van der Waals surface area contributed by atoms with E-state index in [-0.39, 0.29) is 11.9 Å². The number of thioether (sulfide) groups is 1. The molecule has 100 valence electrons. The number of hydrogen-bond acceptors (Lipinski definition) is 3. The smallest absolute Gasteiger partial charge is 0.253 e. The molecule has 1 aromatic carbocycles. The maximum atomic E-state index is 12.1. The molecule has 1 amide bonds. The Hall–Kier alpha value is -1.16. The summed E-state index contributed by atoms with van der Waals surface area (Å²) in [7, 11) is 0. The predicted molar refractivity (Wildman–Crippen MR) is 80.1 cm³/mol. The number of nitrogens with two attached hydrogens (primary N) is 1. The number of rotatable bonds is 6. The lowest BCUT2D eigenvalue weighted by Gasteiger charge is -2.15. The number of nitrogen functional groups attached to an aromatic ring is 1. The Bertz CT molecular complexity index is 407. The number of aryl methyl sites for hydroxylation is 1. The van der Waals surface area contributed by atoms with Crippen molar-refractivity contribution in [1.29, 1.82) is 0 Å². The predicted octanol–water partition coefficient (Wildman–Crippen LogP) is 2.84. The quantitative estimate of drug-likeness (QED) is 0.615. The van der Waals surface area contributed by atoms with Gasteiger partial charge in [0, 0.05) is 11.7 Å².